The van der Waals surface area contributed by atoms with Crippen molar-refractivity contribution < 1.29 is 4.79 Å². The number of nitrogens with two attached hydrogens (primary N) is 1. The molecule has 0 saturated heterocycles. The zero-order valence-electron chi connectivity index (χ0n) is 9.47. The van der Waals surface area contributed by atoms with E-state index in [0.29, 0.717) is 5.56 Å². The van der Waals surface area contributed by atoms with E-state index in [1.165, 1.54) is 6.20 Å². The van der Waals surface area contributed by atoms with E-state index in [0.717, 1.165) is 11.3 Å². The largest absolute Gasteiger partial charge is 0.324 e. The molecule has 1 aromatic carbocycles. The Labute approximate surface area is 99.0 Å². The summed E-state index contributed by atoms with van der Waals surface area (Å²) in [4.78, 5) is 11.7. The number of aromatic amines is 1. The Morgan fingerprint density at radius 1 is 1.41 bits per heavy atom. The van der Waals surface area contributed by atoms with Gasteiger partial charge in [-0.2, -0.15) is 5.10 Å². The summed E-state index contributed by atoms with van der Waals surface area (Å²) in [6.07, 6.45) is 3.03. The first-order valence-electron chi connectivity index (χ1n) is 5.32. The van der Waals surface area contributed by atoms with Gasteiger partial charge in [0.1, 0.15) is 0 Å². The van der Waals surface area contributed by atoms with Crippen molar-refractivity contribution in [1.29, 1.82) is 0 Å². The Balaban J connectivity index is 2.07. The van der Waals surface area contributed by atoms with E-state index in [2.05, 4.69) is 15.5 Å². The Kier molecular flexibility index (Phi) is 3.20. The van der Waals surface area contributed by atoms with Gasteiger partial charge >= 0.3 is 0 Å². The molecular formula is C12H14N4O. The lowest BCUT2D eigenvalue weighted by atomic mass is 10.1. The maximum atomic E-state index is 11.7. The van der Waals surface area contributed by atoms with E-state index < -0.39 is 0 Å². The summed E-state index contributed by atoms with van der Waals surface area (Å²) in [5.41, 5.74) is 8.01. The topological polar surface area (TPSA) is 83.8 Å². The van der Waals surface area contributed by atoms with Gasteiger partial charge in [-0.15, -0.1) is 0 Å². The highest BCUT2D eigenvalue weighted by Crippen LogP contribution is 2.14. The molecule has 1 aromatic heterocycles. The van der Waals surface area contributed by atoms with Crippen molar-refractivity contribution in [1.82, 2.24) is 10.2 Å². The molecule has 2 rings (SSSR count). The fourth-order valence-corrected chi connectivity index (χ4v) is 1.45. The molecule has 88 valence electrons. The third-order valence-electron chi connectivity index (χ3n) is 2.45. The lowest BCUT2D eigenvalue weighted by molar-refractivity contribution is 0.102. The van der Waals surface area contributed by atoms with Crippen LogP contribution in [0.4, 0.5) is 5.69 Å². The smallest absolute Gasteiger partial charge is 0.258 e. The van der Waals surface area contributed by atoms with Gasteiger partial charge in [0.05, 0.1) is 11.8 Å². The molecule has 5 nitrogen and oxygen atoms in total. The van der Waals surface area contributed by atoms with Crippen LogP contribution in [0, 0.1) is 0 Å². The van der Waals surface area contributed by atoms with Gasteiger partial charge in [-0.1, -0.05) is 12.1 Å². The van der Waals surface area contributed by atoms with Crippen LogP contribution in [0.25, 0.3) is 0 Å². The van der Waals surface area contributed by atoms with Crippen LogP contribution >= 0.6 is 0 Å². The number of carbonyl (C=O) groups excluding carboxylic acids is 1. The molecule has 4 N–H and O–H groups in total. The van der Waals surface area contributed by atoms with Crippen LogP contribution in [0.15, 0.2) is 36.7 Å². The molecule has 17 heavy (non-hydrogen) atoms. The molecule has 1 atom stereocenters. The molecule has 1 heterocycles. The number of nitrogens with one attached hydrogen (secondary N) is 2. The monoisotopic (exact) mass is 230 g/mol. The maximum Gasteiger partial charge on any atom is 0.258 e. The lowest BCUT2D eigenvalue weighted by Gasteiger charge is -2.07. The molecule has 0 spiro atoms. The van der Waals surface area contributed by atoms with Gasteiger partial charge in [0, 0.05) is 17.9 Å². The molecule has 0 bridgehead atoms. The molecule has 1 amide bonds. The second-order valence-electron chi connectivity index (χ2n) is 3.85. The van der Waals surface area contributed by atoms with Crippen molar-refractivity contribution in [2.24, 2.45) is 5.73 Å². The summed E-state index contributed by atoms with van der Waals surface area (Å²) in [6, 6.07) is 7.45. The van der Waals surface area contributed by atoms with Gasteiger partial charge < -0.3 is 11.1 Å². The second-order valence-corrected chi connectivity index (χ2v) is 3.85. The molecule has 2 aromatic rings. The minimum absolute atomic E-state index is 0.00590. The van der Waals surface area contributed by atoms with Crippen molar-refractivity contribution in [3.8, 4) is 0 Å². The number of anilines is 1. The highest BCUT2D eigenvalue weighted by molar-refractivity contribution is 6.03. The van der Waals surface area contributed by atoms with Crippen LogP contribution in [0.1, 0.15) is 28.9 Å². The van der Waals surface area contributed by atoms with Gasteiger partial charge in [-0.25, -0.2) is 0 Å². The Hall–Kier alpha value is -2.14. The zero-order chi connectivity index (χ0) is 12.3. The average molecular weight is 230 g/mol. The van der Waals surface area contributed by atoms with Gasteiger partial charge in [0.25, 0.3) is 5.91 Å². The molecular weight excluding hydrogens is 216 g/mol. The summed E-state index contributed by atoms with van der Waals surface area (Å²) >= 11 is 0. The first-order valence-corrected chi connectivity index (χ1v) is 5.32. The van der Waals surface area contributed by atoms with Crippen LogP contribution in [-0.4, -0.2) is 16.1 Å². The molecule has 0 radical (unpaired) electrons. The number of H-pyrrole nitrogens is 1. The first kappa shape index (κ1) is 11.3. The normalized spacial score (nSPS) is 12.1. The lowest BCUT2D eigenvalue weighted by Crippen LogP contribution is -2.11. The third kappa shape index (κ3) is 2.70. The number of carbonyl (C=O) groups is 1. The quantitative estimate of drug-likeness (QED) is 0.750. The Morgan fingerprint density at radius 3 is 2.65 bits per heavy atom. The number of amides is 1. The second kappa shape index (κ2) is 4.80. The average Bonchev–Trinajstić information content (AvgIpc) is 2.83. The Morgan fingerprint density at radius 2 is 2.12 bits per heavy atom. The van der Waals surface area contributed by atoms with Gasteiger partial charge in [-0.3, -0.25) is 9.89 Å². The number of nitrogens with zero attached hydrogens (tertiary/aromatic N) is 1. The Bertz CT molecular complexity index is 488. The summed E-state index contributed by atoms with van der Waals surface area (Å²) < 4.78 is 0. The fourth-order valence-electron chi connectivity index (χ4n) is 1.45. The van der Waals surface area contributed by atoms with Crippen molar-refractivity contribution in [3.63, 3.8) is 0 Å². The van der Waals surface area contributed by atoms with Gasteiger partial charge in [0.2, 0.25) is 0 Å². The van der Waals surface area contributed by atoms with Gasteiger partial charge in [-0.05, 0) is 24.6 Å². The highest BCUT2D eigenvalue weighted by atomic mass is 16.1. The first-order chi connectivity index (χ1) is 8.16. The van der Waals surface area contributed by atoms with E-state index in [-0.39, 0.29) is 11.9 Å². The minimum Gasteiger partial charge on any atom is -0.324 e. The third-order valence-corrected chi connectivity index (χ3v) is 2.45. The number of hydrogen-bond acceptors (Lipinski definition) is 3. The van der Waals surface area contributed by atoms with Crippen molar-refractivity contribution in [2.75, 3.05) is 5.32 Å². The van der Waals surface area contributed by atoms with Crippen LogP contribution < -0.4 is 11.1 Å². The fraction of sp³-hybridized carbons (Fsp3) is 0.167. The molecule has 0 aliphatic rings. The summed E-state index contributed by atoms with van der Waals surface area (Å²) in [5.74, 6) is -0.188. The summed E-state index contributed by atoms with van der Waals surface area (Å²) in [6.45, 7) is 1.92. The van der Waals surface area contributed by atoms with Crippen molar-refractivity contribution >= 4 is 11.6 Å². The standard InChI is InChI=1S/C12H14N4O/c1-8(13)9-2-4-11(5-3-9)16-12(17)10-6-14-15-7-10/h2-8H,13H2,1H3,(H,14,15)(H,16,17). The van der Waals surface area contributed by atoms with Crippen LogP contribution in [-0.2, 0) is 0 Å². The number of rotatable bonds is 3. The predicted octanol–water partition coefficient (Wildman–Crippen LogP) is 1.68. The minimum atomic E-state index is -0.188. The molecule has 0 saturated carbocycles. The number of hydrogen-bond donors (Lipinski definition) is 3. The van der Waals surface area contributed by atoms with Crippen LogP contribution in [0.5, 0.6) is 0 Å². The van der Waals surface area contributed by atoms with E-state index in [1.807, 2.05) is 31.2 Å². The molecule has 0 fully saturated rings. The molecule has 1 unspecified atom stereocenters. The van der Waals surface area contributed by atoms with E-state index in [1.54, 1.807) is 6.20 Å². The van der Waals surface area contributed by atoms with Crippen LogP contribution in [0.3, 0.4) is 0 Å². The van der Waals surface area contributed by atoms with E-state index in [4.69, 9.17) is 5.73 Å². The zero-order valence-corrected chi connectivity index (χ0v) is 9.47. The molecule has 0 aliphatic carbocycles. The summed E-state index contributed by atoms with van der Waals surface area (Å²) in [5, 5.41) is 9.08. The maximum absolute atomic E-state index is 11.7. The van der Waals surface area contributed by atoms with Crippen LogP contribution in [0.2, 0.25) is 0 Å². The SMILES string of the molecule is CC(N)c1ccc(NC(=O)c2cn[nH]c2)cc1. The number of benzene rings is 1. The molecule has 5 heteroatoms. The van der Waals surface area contributed by atoms with Crippen molar-refractivity contribution in [3.05, 3.63) is 47.8 Å². The number of aromatic nitrogens is 2. The summed E-state index contributed by atoms with van der Waals surface area (Å²) in [7, 11) is 0. The van der Waals surface area contributed by atoms with E-state index >= 15 is 0 Å². The predicted molar refractivity (Wildman–Crippen MR) is 65.6 cm³/mol. The van der Waals surface area contributed by atoms with Gasteiger partial charge in [0.15, 0.2) is 0 Å². The molecule has 0 aliphatic heterocycles. The van der Waals surface area contributed by atoms with Crippen molar-refractivity contribution in [2.45, 2.75) is 13.0 Å². The van der Waals surface area contributed by atoms with E-state index in [9.17, 15) is 4.79 Å². The highest BCUT2D eigenvalue weighted by Gasteiger charge is 2.07.